The third-order valence-electron chi connectivity index (χ3n) is 5.24. The van der Waals surface area contributed by atoms with Gasteiger partial charge in [-0.2, -0.15) is 0 Å². The molecule has 27 heavy (non-hydrogen) atoms. The van der Waals surface area contributed by atoms with Crippen LogP contribution >= 0.6 is 0 Å². The van der Waals surface area contributed by atoms with E-state index in [2.05, 4.69) is 62.6 Å². The van der Waals surface area contributed by atoms with E-state index in [1.54, 1.807) is 6.33 Å². The number of hydrogen-bond acceptors (Lipinski definition) is 5. The number of fused-ring (bicyclic) bond motifs is 1. The van der Waals surface area contributed by atoms with E-state index in [-0.39, 0.29) is 0 Å². The summed E-state index contributed by atoms with van der Waals surface area (Å²) in [7, 11) is 4.00. The van der Waals surface area contributed by atoms with Crippen molar-refractivity contribution in [3.8, 4) is 0 Å². The zero-order valence-electron chi connectivity index (χ0n) is 16.1. The van der Waals surface area contributed by atoms with Gasteiger partial charge >= 0.3 is 0 Å². The van der Waals surface area contributed by atoms with E-state index in [0.29, 0.717) is 6.04 Å². The van der Waals surface area contributed by atoms with E-state index in [4.69, 9.17) is 0 Å². The maximum Gasteiger partial charge on any atom is 0.133 e. The molecule has 1 aliphatic rings. The molecule has 1 aliphatic heterocycles. The molecule has 0 saturated carbocycles. The minimum Gasteiger partial charge on any atom is -0.366 e. The van der Waals surface area contributed by atoms with Crippen molar-refractivity contribution >= 4 is 22.4 Å². The van der Waals surface area contributed by atoms with Crippen LogP contribution in [-0.2, 0) is 6.54 Å². The number of piperidine rings is 1. The van der Waals surface area contributed by atoms with E-state index in [1.165, 1.54) is 29.2 Å². The van der Waals surface area contributed by atoms with Crippen molar-refractivity contribution in [3.63, 3.8) is 0 Å². The summed E-state index contributed by atoms with van der Waals surface area (Å²) >= 11 is 0. The van der Waals surface area contributed by atoms with Gasteiger partial charge in [-0.3, -0.25) is 4.90 Å². The standard InChI is InChI=1S/C22H27N5/c1-26(2)22-13-21(23-16-24-22)25-19-10-6-12-27(15-19)14-18-9-5-8-17-7-3-4-11-20(17)18/h3-5,7-9,11,13,16,19H,6,10,12,14-15H2,1-2H3,(H,23,24,25). The molecular formula is C22H27N5. The van der Waals surface area contributed by atoms with Gasteiger partial charge in [-0.25, -0.2) is 9.97 Å². The summed E-state index contributed by atoms with van der Waals surface area (Å²) in [6, 6.07) is 17.7. The van der Waals surface area contributed by atoms with Gasteiger partial charge in [0.1, 0.15) is 18.0 Å². The zero-order chi connectivity index (χ0) is 18.6. The minimum absolute atomic E-state index is 0.415. The van der Waals surface area contributed by atoms with E-state index in [1.807, 2.05) is 25.1 Å². The van der Waals surface area contributed by atoms with Crippen LogP contribution in [-0.4, -0.2) is 48.1 Å². The lowest BCUT2D eigenvalue weighted by Crippen LogP contribution is -2.41. The molecule has 1 fully saturated rings. The average Bonchev–Trinajstić information content (AvgIpc) is 2.69. The lowest BCUT2D eigenvalue weighted by Gasteiger charge is -2.33. The normalized spacial score (nSPS) is 17.8. The Morgan fingerprint density at radius 2 is 1.96 bits per heavy atom. The number of anilines is 2. The van der Waals surface area contributed by atoms with Crippen molar-refractivity contribution in [2.45, 2.75) is 25.4 Å². The SMILES string of the molecule is CN(C)c1cc(NC2CCCN(Cc3cccc4ccccc34)C2)ncn1. The first-order valence-electron chi connectivity index (χ1n) is 9.64. The van der Waals surface area contributed by atoms with Gasteiger partial charge in [0.05, 0.1) is 0 Å². The highest BCUT2D eigenvalue weighted by Crippen LogP contribution is 2.23. The Kier molecular flexibility index (Phi) is 5.21. The lowest BCUT2D eigenvalue weighted by atomic mass is 10.0. The molecule has 0 amide bonds. The molecule has 4 rings (SSSR count). The molecule has 3 aromatic rings. The summed E-state index contributed by atoms with van der Waals surface area (Å²) in [6.45, 7) is 3.17. The molecule has 1 unspecified atom stereocenters. The number of nitrogens with one attached hydrogen (secondary N) is 1. The fourth-order valence-electron chi connectivity index (χ4n) is 3.87. The van der Waals surface area contributed by atoms with Crippen LogP contribution in [0.1, 0.15) is 18.4 Å². The second-order valence-corrected chi connectivity index (χ2v) is 7.51. The van der Waals surface area contributed by atoms with Gasteiger partial charge in [-0.05, 0) is 35.7 Å². The highest BCUT2D eigenvalue weighted by atomic mass is 15.2. The molecule has 1 aromatic heterocycles. The maximum atomic E-state index is 4.40. The van der Waals surface area contributed by atoms with Crippen LogP contribution in [0.25, 0.3) is 10.8 Å². The van der Waals surface area contributed by atoms with Gasteiger partial charge in [-0.1, -0.05) is 42.5 Å². The van der Waals surface area contributed by atoms with Crippen LogP contribution in [0.15, 0.2) is 54.9 Å². The lowest BCUT2D eigenvalue weighted by molar-refractivity contribution is 0.209. The summed E-state index contributed by atoms with van der Waals surface area (Å²) in [5.74, 6) is 1.83. The minimum atomic E-state index is 0.415. The maximum absolute atomic E-state index is 4.40. The van der Waals surface area contributed by atoms with E-state index in [9.17, 15) is 0 Å². The molecular weight excluding hydrogens is 334 g/mol. The van der Waals surface area contributed by atoms with Crippen molar-refractivity contribution in [1.82, 2.24) is 14.9 Å². The fourth-order valence-corrected chi connectivity index (χ4v) is 3.87. The Labute approximate surface area is 161 Å². The van der Waals surface area contributed by atoms with Gasteiger partial charge in [0.15, 0.2) is 0 Å². The molecule has 5 heteroatoms. The molecule has 2 aromatic carbocycles. The Morgan fingerprint density at radius 3 is 2.85 bits per heavy atom. The molecule has 0 spiro atoms. The molecule has 5 nitrogen and oxygen atoms in total. The largest absolute Gasteiger partial charge is 0.366 e. The van der Waals surface area contributed by atoms with Gasteiger partial charge in [0.25, 0.3) is 0 Å². The quantitative estimate of drug-likeness (QED) is 0.749. The molecule has 140 valence electrons. The summed E-state index contributed by atoms with van der Waals surface area (Å²) < 4.78 is 0. The van der Waals surface area contributed by atoms with Crippen LogP contribution in [0.2, 0.25) is 0 Å². The van der Waals surface area contributed by atoms with Crippen LogP contribution in [0.4, 0.5) is 11.6 Å². The number of aromatic nitrogens is 2. The third kappa shape index (κ3) is 4.19. The van der Waals surface area contributed by atoms with Crippen LogP contribution in [0.5, 0.6) is 0 Å². The first kappa shape index (κ1) is 17.7. The first-order valence-corrected chi connectivity index (χ1v) is 9.64. The number of likely N-dealkylation sites (tertiary alicyclic amines) is 1. The van der Waals surface area contributed by atoms with Crippen LogP contribution < -0.4 is 10.2 Å². The smallest absolute Gasteiger partial charge is 0.133 e. The van der Waals surface area contributed by atoms with Crippen molar-refractivity contribution in [3.05, 3.63) is 60.4 Å². The highest BCUT2D eigenvalue weighted by Gasteiger charge is 2.21. The van der Waals surface area contributed by atoms with E-state index < -0.39 is 0 Å². The first-order chi connectivity index (χ1) is 13.2. The Balaban J connectivity index is 1.44. The molecule has 1 atom stereocenters. The van der Waals surface area contributed by atoms with E-state index in [0.717, 1.165) is 31.3 Å². The number of benzene rings is 2. The van der Waals surface area contributed by atoms with Gasteiger partial charge in [0, 0.05) is 39.3 Å². The zero-order valence-corrected chi connectivity index (χ0v) is 16.1. The van der Waals surface area contributed by atoms with Gasteiger partial charge in [-0.15, -0.1) is 0 Å². The van der Waals surface area contributed by atoms with Crippen LogP contribution in [0.3, 0.4) is 0 Å². The van der Waals surface area contributed by atoms with Crippen molar-refractivity contribution in [2.24, 2.45) is 0 Å². The molecule has 0 aliphatic carbocycles. The Bertz CT molecular complexity index is 903. The third-order valence-corrected chi connectivity index (χ3v) is 5.24. The highest BCUT2D eigenvalue weighted by molar-refractivity contribution is 5.85. The van der Waals surface area contributed by atoms with Crippen molar-refractivity contribution in [2.75, 3.05) is 37.4 Å². The monoisotopic (exact) mass is 361 g/mol. The molecule has 0 bridgehead atoms. The van der Waals surface area contributed by atoms with Crippen molar-refractivity contribution in [1.29, 1.82) is 0 Å². The predicted octanol–water partition coefficient (Wildman–Crippen LogP) is 3.77. The summed E-state index contributed by atoms with van der Waals surface area (Å²) in [5.41, 5.74) is 1.41. The molecule has 1 saturated heterocycles. The van der Waals surface area contributed by atoms with Gasteiger partial charge in [0.2, 0.25) is 0 Å². The summed E-state index contributed by atoms with van der Waals surface area (Å²) in [4.78, 5) is 13.2. The van der Waals surface area contributed by atoms with Gasteiger partial charge < -0.3 is 10.2 Å². The topological polar surface area (TPSA) is 44.3 Å². The summed E-state index contributed by atoms with van der Waals surface area (Å²) in [6.07, 6.45) is 4.01. The predicted molar refractivity (Wildman–Crippen MR) is 112 cm³/mol. The Morgan fingerprint density at radius 1 is 1.11 bits per heavy atom. The molecule has 1 N–H and O–H groups in total. The number of rotatable bonds is 5. The molecule has 2 heterocycles. The Hall–Kier alpha value is -2.66. The van der Waals surface area contributed by atoms with Crippen molar-refractivity contribution < 1.29 is 0 Å². The number of nitrogens with zero attached hydrogens (tertiary/aromatic N) is 4. The second-order valence-electron chi connectivity index (χ2n) is 7.51. The number of hydrogen-bond donors (Lipinski definition) is 1. The average molecular weight is 361 g/mol. The summed E-state index contributed by atoms with van der Waals surface area (Å²) in [5, 5.41) is 6.29. The molecule has 0 radical (unpaired) electrons. The second kappa shape index (κ2) is 7.92. The fraction of sp³-hybridized carbons (Fsp3) is 0.364. The van der Waals surface area contributed by atoms with Crippen LogP contribution in [0, 0.1) is 0 Å². The van der Waals surface area contributed by atoms with E-state index >= 15 is 0 Å².